The van der Waals surface area contributed by atoms with Crippen LogP contribution < -0.4 is 10.2 Å². The van der Waals surface area contributed by atoms with Gasteiger partial charge in [0.05, 0.1) is 17.6 Å². The summed E-state index contributed by atoms with van der Waals surface area (Å²) in [5.74, 6) is 2.14. The first-order chi connectivity index (χ1) is 13.0. The molecule has 2 aromatic carbocycles. The Morgan fingerprint density at radius 1 is 1.19 bits per heavy atom. The highest BCUT2D eigenvalue weighted by atomic mass is 35.5. The van der Waals surface area contributed by atoms with E-state index in [2.05, 4.69) is 54.7 Å². The van der Waals surface area contributed by atoms with Gasteiger partial charge in [-0.15, -0.1) is 0 Å². The molecule has 1 atom stereocenters. The summed E-state index contributed by atoms with van der Waals surface area (Å²) in [6.07, 6.45) is 2.14. The molecule has 1 aromatic heterocycles. The van der Waals surface area contributed by atoms with E-state index < -0.39 is 0 Å². The fourth-order valence-corrected chi connectivity index (χ4v) is 3.59. The smallest absolute Gasteiger partial charge is 0.145 e. The van der Waals surface area contributed by atoms with Crippen LogP contribution in [0.4, 0.5) is 5.82 Å². The van der Waals surface area contributed by atoms with E-state index in [-0.39, 0.29) is 0 Å². The lowest BCUT2D eigenvalue weighted by molar-refractivity contribution is 0.415. The molecular formula is C22H22ClN3O. The van der Waals surface area contributed by atoms with Crippen LogP contribution in [0.25, 0.3) is 22.0 Å². The van der Waals surface area contributed by atoms with Gasteiger partial charge in [0.25, 0.3) is 0 Å². The molecule has 0 bridgehead atoms. The molecule has 4 nitrogen and oxygen atoms in total. The largest absolute Gasteiger partial charge is 0.497 e. The Balaban J connectivity index is 1.80. The third-order valence-electron chi connectivity index (χ3n) is 5.06. The first-order valence-electron chi connectivity index (χ1n) is 9.00. The fourth-order valence-electron chi connectivity index (χ4n) is 3.37. The highest BCUT2D eigenvalue weighted by molar-refractivity contribution is 6.35. The van der Waals surface area contributed by atoms with Gasteiger partial charge in [0, 0.05) is 18.1 Å². The van der Waals surface area contributed by atoms with Gasteiger partial charge in [0.1, 0.15) is 11.6 Å². The first kappa shape index (κ1) is 17.7. The number of nitrogens with one attached hydrogen (secondary N) is 1. The number of methoxy groups -OCH3 is 1. The Morgan fingerprint density at radius 2 is 1.96 bits per heavy atom. The fraction of sp³-hybridized carbons (Fsp3) is 0.227. The van der Waals surface area contributed by atoms with E-state index in [1.807, 2.05) is 24.3 Å². The van der Waals surface area contributed by atoms with Crippen LogP contribution in [-0.4, -0.2) is 23.6 Å². The second-order valence-electron chi connectivity index (χ2n) is 6.96. The van der Waals surface area contributed by atoms with Crippen molar-refractivity contribution in [2.45, 2.75) is 13.8 Å². The summed E-state index contributed by atoms with van der Waals surface area (Å²) < 4.78 is 5.29. The number of para-hydroxylation sites is 1. The molecule has 0 amide bonds. The maximum Gasteiger partial charge on any atom is 0.145 e. The van der Waals surface area contributed by atoms with Crippen molar-refractivity contribution in [2.75, 3.05) is 19.1 Å². The monoisotopic (exact) mass is 379 g/mol. The highest BCUT2D eigenvalue weighted by Gasteiger charge is 2.18. The normalized spacial score (nSPS) is 16.5. The van der Waals surface area contributed by atoms with Crippen molar-refractivity contribution >= 4 is 28.3 Å². The van der Waals surface area contributed by atoms with E-state index in [0.29, 0.717) is 10.9 Å². The molecule has 2 heterocycles. The van der Waals surface area contributed by atoms with Gasteiger partial charge in [-0.1, -0.05) is 48.4 Å². The molecule has 5 heteroatoms. The summed E-state index contributed by atoms with van der Waals surface area (Å²) in [5.41, 5.74) is 7.75. The molecule has 0 spiro atoms. The van der Waals surface area contributed by atoms with Crippen LogP contribution in [-0.2, 0) is 0 Å². The van der Waals surface area contributed by atoms with Gasteiger partial charge in [-0.2, -0.15) is 0 Å². The summed E-state index contributed by atoms with van der Waals surface area (Å²) in [4.78, 5) is 4.77. The zero-order chi connectivity index (χ0) is 19.0. The number of ether oxygens (including phenoxy) is 1. The van der Waals surface area contributed by atoms with E-state index in [1.54, 1.807) is 7.11 Å². The molecule has 0 saturated carbocycles. The van der Waals surface area contributed by atoms with Crippen molar-refractivity contribution in [3.05, 3.63) is 65.3 Å². The summed E-state index contributed by atoms with van der Waals surface area (Å²) in [5, 5.41) is 3.76. The molecule has 1 aliphatic heterocycles. The number of benzene rings is 2. The van der Waals surface area contributed by atoms with Crippen LogP contribution in [0.5, 0.6) is 5.75 Å². The molecule has 0 aliphatic carbocycles. The van der Waals surface area contributed by atoms with Crippen LogP contribution >= 0.6 is 11.6 Å². The van der Waals surface area contributed by atoms with E-state index in [1.165, 1.54) is 5.57 Å². The molecule has 4 rings (SSSR count). The number of hydrogen-bond acceptors (Lipinski definition) is 4. The standard InChI is InChI=1S/C22H22ClN3O/c1-14-12-26(13-15(14)2)25-21-11-19(16-7-9-17(27-3)10-8-16)18-5-4-6-20(23)22(18)24-21/h4-12,15H,13H2,1-3H3,(H,24,25). The van der Waals surface area contributed by atoms with Crippen molar-refractivity contribution in [3.8, 4) is 16.9 Å². The lowest BCUT2D eigenvalue weighted by Gasteiger charge is -2.20. The molecule has 0 saturated heterocycles. The number of anilines is 1. The predicted molar refractivity (Wildman–Crippen MR) is 112 cm³/mol. The summed E-state index contributed by atoms with van der Waals surface area (Å²) >= 11 is 6.46. The first-order valence-corrected chi connectivity index (χ1v) is 9.38. The van der Waals surface area contributed by atoms with Gasteiger partial charge in [0.15, 0.2) is 0 Å². The lowest BCUT2D eigenvalue weighted by atomic mass is 10.0. The van der Waals surface area contributed by atoms with Crippen molar-refractivity contribution in [1.82, 2.24) is 9.99 Å². The minimum Gasteiger partial charge on any atom is -0.497 e. The SMILES string of the molecule is COc1ccc(-c2cc(NN3C=C(C)C(C)C3)nc3c(Cl)cccc23)cc1. The third kappa shape index (κ3) is 3.45. The van der Waals surface area contributed by atoms with Crippen LogP contribution in [0.1, 0.15) is 13.8 Å². The Kier molecular flexibility index (Phi) is 4.66. The summed E-state index contributed by atoms with van der Waals surface area (Å²) in [6, 6.07) is 16.0. The van der Waals surface area contributed by atoms with Gasteiger partial charge < -0.3 is 4.74 Å². The maximum absolute atomic E-state index is 6.46. The number of pyridine rings is 1. The number of hydrazine groups is 1. The Hall–Kier alpha value is -2.72. The number of hydrogen-bond donors (Lipinski definition) is 1. The van der Waals surface area contributed by atoms with Crippen molar-refractivity contribution in [3.63, 3.8) is 0 Å². The zero-order valence-electron chi connectivity index (χ0n) is 15.7. The minimum atomic E-state index is 0.530. The molecule has 0 radical (unpaired) electrons. The number of rotatable bonds is 4. The average molecular weight is 380 g/mol. The molecule has 1 N–H and O–H groups in total. The molecule has 1 unspecified atom stereocenters. The maximum atomic E-state index is 6.46. The third-order valence-corrected chi connectivity index (χ3v) is 5.36. The topological polar surface area (TPSA) is 37.4 Å². The predicted octanol–water partition coefficient (Wildman–Crippen LogP) is 5.75. The van der Waals surface area contributed by atoms with Crippen LogP contribution in [0, 0.1) is 5.92 Å². The van der Waals surface area contributed by atoms with E-state index in [0.717, 1.165) is 40.1 Å². The summed E-state index contributed by atoms with van der Waals surface area (Å²) in [7, 11) is 1.67. The molecule has 3 aromatic rings. The van der Waals surface area contributed by atoms with Crippen LogP contribution in [0.3, 0.4) is 0 Å². The second kappa shape index (κ2) is 7.12. The van der Waals surface area contributed by atoms with Gasteiger partial charge in [-0.25, -0.2) is 4.98 Å². The van der Waals surface area contributed by atoms with Gasteiger partial charge in [-0.3, -0.25) is 10.4 Å². The molecule has 0 fully saturated rings. The Labute approximate surface area is 164 Å². The van der Waals surface area contributed by atoms with Gasteiger partial charge >= 0.3 is 0 Å². The van der Waals surface area contributed by atoms with E-state index >= 15 is 0 Å². The van der Waals surface area contributed by atoms with Crippen molar-refractivity contribution in [2.24, 2.45) is 5.92 Å². The quantitative estimate of drug-likeness (QED) is 0.626. The van der Waals surface area contributed by atoms with Crippen LogP contribution in [0.2, 0.25) is 5.02 Å². The average Bonchev–Trinajstić information content (AvgIpc) is 2.99. The molecule has 138 valence electrons. The highest BCUT2D eigenvalue weighted by Crippen LogP contribution is 2.34. The molecular weight excluding hydrogens is 358 g/mol. The van der Waals surface area contributed by atoms with Crippen molar-refractivity contribution < 1.29 is 4.74 Å². The lowest BCUT2D eigenvalue weighted by Crippen LogP contribution is -2.24. The zero-order valence-corrected chi connectivity index (χ0v) is 16.4. The minimum absolute atomic E-state index is 0.530. The Bertz CT molecular complexity index is 1010. The van der Waals surface area contributed by atoms with Gasteiger partial charge in [-0.05, 0) is 48.2 Å². The number of nitrogens with zero attached hydrogens (tertiary/aromatic N) is 2. The number of halogens is 1. The Morgan fingerprint density at radius 3 is 2.63 bits per heavy atom. The number of fused-ring (bicyclic) bond motifs is 1. The van der Waals surface area contributed by atoms with Gasteiger partial charge in [0.2, 0.25) is 0 Å². The van der Waals surface area contributed by atoms with E-state index in [9.17, 15) is 0 Å². The molecule has 1 aliphatic rings. The van der Waals surface area contributed by atoms with Crippen molar-refractivity contribution in [1.29, 1.82) is 0 Å². The molecule has 27 heavy (non-hydrogen) atoms. The van der Waals surface area contributed by atoms with E-state index in [4.69, 9.17) is 21.3 Å². The number of aromatic nitrogens is 1. The van der Waals surface area contributed by atoms with Crippen LogP contribution in [0.15, 0.2) is 60.3 Å². The second-order valence-corrected chi connectivity index (χ2v) is 7.37. The summed E-state index contributed by atoms with van der Waals surface area (Å²) in [6.45, 7) is 5.30.